The Kier molecular flexibility index (Phi) is 4.67. The summed E-state index contributed by atoms with van der Waals surface area (Å²) in [4.78, 5) is 26.2. The van der Waals surface area contributed by atoms with Crippen LogP contribution >= 0.6 is 11.3 Å². The van der Waals surface area contributed by atoms with Gasteiger partial charge in [-0.15, -0.1) is 11.3 Å². The van der Waals surface area contributed by atoms with Crippen LogP contribution in [0.1, 0.15) is 36.9 Å². The van der Waals surface area contributed by atoms with E-state index in [1.807, 2.05) is 23.6 Å². The number of phenolic OH excluding ortho intramolecular Hbond substituents is 1. The van der Waals surface area contributed by atoms with Gasteiger partial charge in [0.05, 0.1) is 5.56 Å². The molecule has 138 valence electrons. The topological polar surface area (TPSA) is 67.5 Å². The first-order valence-corrected chi connectivity index (χ1v) is 9.54. The van der Waals surface area contributed by atoms with Gasteiger partial charge in [0.15, 0.2) is 11.5 Å². The number of fused-ring (bicyclic) bond motifs is 1. The van der Waals surface area contributed by atoms with Crippen molar-refractivity contribution >= 4 is 39.9 Å². The first-order valence-electron chi connectivity index (χ1n) is 8.66. The number of aromatic hydroxyl groups is 1. The molecule has 0 amide bonds. The Morgan fingerprint density at radius 1 is 1.07 bits per heavy atom. The number of aryl methyl sites for hydroxylation is 1. The Hall–Kier alpha value is -3.44. The van der Waals surface area contributed by atoms with Gasteiger partial charge in [-0.05, 0) is 36.6 Å². The van der Waals surface area contributed by atoms with Gasteiger partial charge in [-0.25, -0.2) is 0 Å². The number of hydrogen-bond acceptors (Lipinski definition) is 5. The normalized spacial score (nSPS) is 11.3. The minimum Gasteiger partial charge on any atom is -0.507 e. The molecule has 0 fully saturated rings. The zero-order valence-electron chi connectivity index (χ0n) is 15.0. The third-order valence-electron chi connectivity index (χ3n) is 4.50. The van der Waals surface area contributed by atoms with Crippen LogP contribution in [-0.2, 0) is 0 Å². The van der Waals surface area contributed by atoms with Crippen molar-refractivity contribution in [2.24, 2.45) is 0 Å². The van der Waals surface area contributed by atoms with E-state index in [0.29, 0.717) is 22.1 Å². The number of carbonyl (C=O) groups excluding carboxylic acids is 2. The van der Waals surface area contributed by atoms with Crippen LogP contribution in [0.3, 0.4) is 0 Å². The predicted molar refractivity (Wildman–Crippen MR) is 110 cm³/mol. The van der Waals surface area contributed by atoms with E-state index < -0.39 is 0 Å². The molecule has 0 aliphatic heterocycles. The molecule has 0 atom stereocenters. The number of benzene rings is 2. The molecule has 4 aromatic rings. The Balaban J connectivity index is 1.73. The van der Waals surface area contributed by atoms with E-state index in [1.54, 1.807) is 43.3 Å². The summed E-state index contributed by atoms with van der Waals surface area (Å²) < 4.78 is 5.71. The number of ketones is 2. The monoisotopic (exact) mass is 388 g/mol. The summed E-state index contributed by atoms with van der Waals surface area (Å²) in [7, 11) is 0. The average molecular weight is 388 g/mol. The zero-order chi connectivity index (χ0) is 19.7. The van der Waals surface area contributed by atoms with Gasteiger partial charge in [0.25, 0.3) is 0 Å². The quantitative estimate of drug-likeness (QED) is 0.355. The zero-order valence-corrected chi connectivity index (χ0v) is 15.8. The lowest BCUT2D eigenvalue weighted by atomic mass is 10.0. The summed E-state index contributed by atoms with van der Waals surface area (Å²) >= 11 is 1.52. The molecule has 0 bridgehead atoms. The largest absolute Gasteiger partial charge is 0.507 e. The third kappa shape index (κ3) is 3.28. The molecule has 0 aliphatic carbocycles. The maximum atomic E-state index is 12.7. The number of furan rings is 1. The van der Waals surface area contributed by atoms with Gasteiger partial charge in [0.2, 0.25) is 5.78 Å². The molecular formula is C23H16O4S. The second kappa shape index (κ2) is 7.29. The Labute approximate surface area is 165 Å². The third-order valence-corrected chi connectivity index (χ3v) is 5.34. The van der Waals surface area contributed by atoms with Crippen molar-refractivity contribution in [1.29, 1.82) is 0 Å². The average Bonchev–Trinajstić information content (AvgIpc) is 3.34. The van der Waals surface area contributed by atoms with Crippen LogP contribution in [0.25, 0.3) is 17.0 Å². The summed E-state index contributed by atoms with van der Waals surface area (Å²) in [6.45, 7) is 1.77. The van der Waals surface area contributed by atoms with Crippen molar-refractivity contribution < 1.29 is 19.1 Å². The molecule has 1 N–H and O–H groups in total. The van der Waals surface area contributed by atoms with E-state index in [1.165, 1.54) is 23.5 Å². The Morgan fingerprint density at radius 3 is 2.57 bits per heavy atom. The highest BCUT2D eigenvalue weighted by Gasteiger charge is 2.21. The molecule has 0 unspecified atom stereocenters. The van der Waals surface area contributed by atoms with Gasteiger partial charge in [-0.2, -0.15) is 0 Å². The van der Waals surface area contributed by atoms with E-state index in [4.69, 9.17) is 4.42 Å². The van der Waals surface area contributed by atoms with Crippen LogP contribution in [0, 0.1) is 6.92 Å². The predicted octanol–water partition coefficient (Wildman–Crippen LogP) is 5.64. The molecule has 0 saturated carbocycles. The summed E-state index contributed by atoms with van der Waals surface area (Å²) in [6.07, 6.45) is 3.14. The van der Waals surface area contributed by atoms with E-state index in [0.717, 1.165) is 4.88 Å². The van der Waals surface area contributed by atoms with Crippen LogP contribution in [-0.4, -0.2) is 16.7 Å². The van der Waals surface area contributed by atoms with E-state index in [9.17, 15) is 14.7 Å². The van der Waals surface area contributed by atoms with E-state index in [2.05, 4.69) is 0 Å². The van der Waals surface area contributed by atoms with Crippen LogP contribution < -0.4 is 0 Å². The summed E-state index contributed by atoms with van der Waals surface area (Å²) in [5.41, 5.74) is 1.69. The van der Waals surface area contributed by atoms with Crippen molar-refractivity contribution in [2.45, 2.75) is 6.92 Å². The first kappa shape index (κ1) is 17.9. The molecule has 0 spiro atoms. The summed E-state index contributed by atoms with van der Waals surface area (Å²) in [6, 6.07) is 15.6. The number of rotatable bonds is 5. The fraction of sp³-hybridized carbons (Fsp3) is 0.0435. The smallest absolute Gasteiger partial charge is 0.228 e. The molecule has 5 heteroatoms. The fourth-order valence-electron chi connectivity index (χ4n) is 3.02. The highest BCUT2D eigenvalue weighted by molar-refractivity contribution is 7.10. The van der Waals surface area contributed by atoms with Crippen LogP contribution in [0.4, 0.5) is 0 Å². The Bertz CT molecular complexity index is 1200. The van der Waals surface area contributed by atoms with Crippen molar-refractivity contribution in [1.82, 2.24) is 0 Å². The summed E-state index contributed by atoms with van der Waals surface area (Å²) in [5, 5.41) is 12.8. The first-order chi connectivity index (χ1) is 13.5. The second-order valence-corrected chi connectivity index (χ2v) is 7.31. The van der Waals surface area contributed by atoms with E-state index >= 15 is 0 Å². The molecule has 4 nitrogen and oxygen atoms in total. The summed E-state index contributed by atoms with van der Waals surface area (Å²) in [5.74, 6) is -0.524. The van der Waals surface area contributed by atoms with Gasteiger partial charge in [0.1, 0.15) is 11.3 Å². The van der Waals surface area contributed by atoms with Crippen molar-refractivity contribution in [2.75, 3.05) is 0 Å². The molecular weight excluding hydrogens is 372 g/mol. The number of allylic oxidation sites excluding steroid dienone is 1. The van der Waals surface area contributed by atoms with Gasteiger partial charge < -0.3 is 9.52 Å². The molecule has 28 heavy (non-hydrogen) atoms. The minimum absolute atomic E-state index is 0.169. The van der Waals surface area contributed by atoms with Gasteiger partial charge in [0, 0.05) is 27.5 Å². The maximum absolute atomic E-state index is 12.7. The molecule has 2 aromatic heterocycles. The van der Waals surface area contributed by atoms with Crippen LogP contribution in [0.5, 0.6) is 5.75 Å². The number of thiophene rings is 1. The molecule has 4 rings (SSSR count). The standard InChI is InChI=1S/C23H16O4S/c1-14-17-12-18(19(24)10-9-16-8-5-11-28-16)20(25)13-21(17)27-23(14)22(26)15-6-3-2-4-7-15/h2-13,25H,1H3/b10-9+. The second-order valence-electron chi connectivity index (χ2n) is 6.33. The lowest BCUT2D eigenvalue weighted by Gasteiger charge is -2.01. The highest BCUT2D eigenvalue weighted by atomic mass is 32.1. The molecule has 2 aromatic carbocycles. The van der Waals surface area contributed by atoms with Crippen LogP contribution in [0.15, 0.2) is 70.5 Å². The number of hydrogen-bond donors (Lipinski definition) is 1. The van der Waals surface area contributed by atoms with E-state index in [-0.39, 0.29) is 28.6 Å². The molecule has 0 radical (unpaired) electrons. The molecule has 0 aliphatic rings. The molecule has 0 saturated heterocycles. The Morgan fingerprint density at radius 2 is 1.86 bits per heavy atom. The lowest BCUT2D eigenvalue weighted by Crippen LogP contribution is -2.00. The highest BCUT2D eigenvalue weighted by Crippen LogP contribution is 2.32. The van der Waals surface area contributed by atoms with Crippen molar-refractivity contribution in [3.8, 4) is 5.75 Å². The lowest BCUT2D eigenvalue weighted by molar-refractivity contribution is 0.101. The number of phenols is 1. The fourth-order valence-corrected chi connectivity index (χ4v) is 3.64. The minimum atomic E-state index is -0.315. The van der Waals surface area contributed by atoms with Gasteiger partial charge in [-0.1, -0.05) is 36.4 Å². The SMILES string of the molecule is Cc1c(C(=O)c2ccccc2)oc2cc(O)c(C(=O)/C=C/c3cccs3)cc12. The van der Waals surface area contributed by atoms with Crippen molar-refractivity contribution in [3.05, 3.63) is 93.4 Å². The van der Waals surface area contributed by atoms with Crippen LogP contribution in [0.2, 0.25) is 0 Å². The number of carbonyl (C=O) groups is 2. The van der Waals surface area contributed by atoms with Gasteiger partial charge >= 0.3 is 0 Å². The van der Waals surface area contributed by atoms with Gasteiger partial charge in [-0.3, -0.25) is 9.59 Å². The maximum Gasteiger partial charge on any atom is 0.228 e. The molecule has 2 heterocycles. The van der Waals surface area contributed by atoms with Crippen molar-refractivity contribution in [3.63, 3.8) is 0 Å².